The summed E-state index contributed by atoms with van der Waals surface area (Å²) in [7, 11) is -3.40. The van der Waals surface area contributed by atoms with Crippen molar-refractivity contribution in [1.29, 1.82) is 0 Å². The third-order valence-corrected chi connectivity index (χ3v) is 5.40. The molecular formula is C13H24N2O4S. The van der Waals surface area contributed by atoms with Gasteiger partial charge in [0.15, 0.2) is 9.84 Å². The standard InChI is InChI=1S/C13H24N2O4S/c1-9(2)7-20(18,19)8-12(16)15-6-11(13(14)17)5-4-10(15)3/h9-11H,4-8H2,1-3H3,(H2,14,17). The molecule has 0 radical (unpaired) electrons. The third kappa shape index (κ3) is 4.77. The first-order valence-electron chi connectivity index (χ1n) is 6.91. The van der Waals surface area contributed by atoms with E-state index in [2.05, 4.69) is 0 Å². The Balaban J connectivity index is 2.72. The SMILES string of the molecule is CC(C)CS(=O)(=O)CC(=O)N1CC(C(N)=O)CCC1C. The van der Waals surface area contributed by atoms with Gasteiger partial charge in [0.25, 0.3) is 0 Å². The molecule has 7 heteroatoms. The van der Waals surface area contributed by atoms with Gasteiger partial charge >= 0.3 is 0 Å². The van der Waals surface area contributed by atoms with Gasteiger partial charge in [-0.05, 0) is 25.7 Å². The lowest BCUT2D eigenvalue weighted by molar-refractivity contribution is -0.135. The van der Waals surface area contributed by atoms with Crippen LogP contribution in [0.4, 0.5) is 0 Å². The van der Waals surface area contributed by atoms with Crippen LogP contribution in [0.15, 0.2) is 0 Å². The van der Waals surface area contributed by atoms with Crippen LogP contribution in [0.1, 0.15) is 33.6 Å². The van der Waals surface area contributed by atoms with Crippen LogP contribution >= 0.6 is 0 Å². The molecule has 1 fully saturated rings. The van der Waals surface area contributed by atoms with Crippen LogP contribution < -0.4 is 5.73 Å². The average molecular weight is 304 g/mol. The van der Waals surface area contributed by atoms with Gasteiger partial charge in [0.1, 0.15) is 5.75 Å². The molecule has 0 aromatic rings. The molecule has 0 saturated carbocycles. The Morgan fingerprint density at radius 1 is 1.30 bits per heavy atom. The quantitative estimate of drug-likeness (QED) is 0.783. The molecule has 1 heterocycles. The van der Waals surface area contributed by atoms with Gasteiger partial charge in [-0.1, -0.05) is 13.8 Å². The van der Waals surface area contributed by atoms with Crippen molar-refractivity contribution in [3.8, 4) is 0 Å². The molecular weight excluding hydrogens is 280 g/mol. The fourth-order valence-corrected chi connectivity index (χ4v) is 4.20. The van der Waals surface area contributed by atoms with E-state index >= 15 is 0 Å². The summed E-state index contributed by atoms with van der Waals surface area (Å²) in [5.41, 5.74) is 5.27. The number of piperidine rings is 1. The molecule has 6 nitrogen and oxygen atoms in total. The lowest BCUT2D eigenvalue weighted by Crippen LogP contribution is -2.50. The number of amides is 2. The zero-order valence-electron chi connectivity index (χ0n) is 12.3. The van der Waals surface area contributed by atoms with Crippen molar-refractivity contribution < 1.29 is 18.0 Å². The molecule has 2 amide bonds. The van der Waals surface area contributed by atoms with Crippen LogP contribution in [-0.2, 0) is 19.4 Å². The predicted octanol–water partition coefficient (Wildman–Crippen LogP) is 0.170. The van der Waals surface area contributed by atoms with Gasteiger partial charge in [0, 0.05) is 12.6 Å². The molecule has 0 aromatic heterocycles. The van der Waals surface area contributed by atoms with Crippen molar-refractivity contribution in [2.75, 3.05) is 18.1 Å². The minimum atomic E-state index is -3.40. The maximum Gasteiger partial charge on any atom is 0.238 e. The summed E-state index contributed by atoms with van der Waals surface area (Å²) in [6.07, 6.45) is 1.32. The number of hydrogen-bond acceptors (Lipinski definition) is 4. The van der Waals surface area contributed by atoms with E-state index in [1.165, 1.54) is 4.90 Å². The van der Waals surface area contributed by atoms with Crippen LogP contribution in [0.5, 0.6) is 0 Å². The minimum absolute atomic E-state index is 0.000207. The Morgan fingerprint density at radius 2 is 1.90 bits per heavy atom. The lowest BCUT2D eigenvalue weighted by Gasteiger charge is -2.36. The van der Waals surface area contributed by atoms with E-state index in [0.717, 1.165) is 0 Å². The summed E-state index contributed by atoms with van der Waals surface area (Å²) in [5.74, 6) is -1.72. The van der Waals surface area contributed by atoms with E-state index < -0.39 is 27.4 Å². The Bertz CT molecular complexity index is 473. The molecule has 1 rings (SSSR count). The molecule has 1 aliphatic rings. The first-order valence-corrected chi connectivity index (χ1v) is 8.73. The molecule has 1 aliphatic heterocycles. The normalized spacial score (nSPS) is 23.9. The summed E-state index contributed by atoms with van der Waals surface area (Å²) in [6, 6.07) is -0.0488. The number of hydrogen-bond donors (Lipinski definition) is 1. The highest BCUT2D eigenvalue weighted by Gasteiger charge is 2.33. The molecule has 0 bridgehead atoms. The molecule has 116 valence electrons. The van der Waals surface area contributed by atoms with Gasteiger partial charge in [-0.3, -0.25) is 9.59 Å². The third-order valence-electron chi connectivity index (χ3n) is 3.54. The van der Waals surface area contributed by atoms with Crippen LogP contribution in [0.3, 0.4) is 0 Å². The number of primary amides is 1. The highest BCUT2D eigenvalue weighted by molar-refractivity contribution is 7.92. The molecule has 20 heavy (non-hydrogen) atoms. The van der Waals surface area contributed by atoms with Crippen molar-refractivity contribution >= 4 is 21.7 Å². The molecule has 0 aromatic carbocycles. The monoisotopic (exact) mass is 304 g/mol. The van der Waals surface area contributed by atoms with Crippen molar-refractivity contribution in [2.45, 2.75) is 39.7 Å². The summed E-state index contributed by atoms with van der Waals surface area (Å²) in [4.78, 5) is 24.9. The van der Waals surface area contributed by atoms with E-state index in [1.54, 1.807) is 13.8 Å². The minimum Gasteiger partial charge on any atom is -0.369 e. The Labute approximate surface area is 120 Å². The summed E-state index contributed by atoms with van der Waals surface area (Å²) in [5, 5.41) is 0. The van der Waals surface area contributed by atoms with Gasteiger partial charge in [-0.15, -0.1) is 0 Å². The molecule has 0 aliphatic carbocycles. The van der Waals surface area contributed by atoms with E-state index in [4.69, 9.17) is 5.73 Å². The molecule has 2 N–H and O–H groups in total. The summed E-state index contributed by atoms with van der Waals surface area (Å²) >= 11 is 0. The van der Waals surface area contributed by atoms with Gasteiger partial charge in [-0.25, -0.2) is 8.42 Å². The zero-order chi connectivity index (χ0) is 15.5. The first kappa shape index (κ1) is 16.9. The Hall–Kier alpha value is -1.11. The maximum absolute atomic E-state index is 12.2. The van der Waals surface area contributed by atoms with E-state index in [0.29, 0.717) is 12.8 Å². The topological polar surface area (TPSA) is 97.5 Å². The number of carbonyl (C=O) groups is 2. The predicted molar refractivity (Wildman–Crippen MR) is 76.6 cm³/mol. The largest absolute Gasteiger partial charge is 0.369 e. The number of rotatable bonds is 5. The lowest BCUT2D eigenvalue weighted by atomic mass is 9.93. The summed E-state index contributed by atoms with van der Waals surface area (Å²) < 4.78 is 23.8. The van der Waals surface area contributed by atoms with Gasteiger partial charge in [0.05, 0.1) is 11.7 Å². The van der Waals surface area contributed by atoms with Crippen molar-refractivity contribution in [3.05, 3.63) is 0 Å². The first-order chi connectivity index (χ1) is 9.12. The molecule has 0 spiro atoms. The van der Waals surface area contributed by atoms with Gasteiger partial charge < -0.3 is 10.6 Å². The van der Waals surface area contributed by atoms with E-state index in [9.17, 15) is 18.0 Å². The van der Waals surface area contributed by atoms with Crippen LogP contribution in [0.25, 0.3) is 0 Å². The Kier molecular flexibility index (Phi) is 5.56. The van der Waals surface area contributed by atoms with E-state index in [1.807, 2.05) is 6.92 Å². The maximum atomic E-state index is 12.2. The second-order valence-electron chi connectivity index (χ2n) is 6.02. The van der Waals surface area contributed by atoms with Crippen molar-refractivity contribution in [3.63, 3.8) is 0 Å². The Morgan fingerprint density at radius 3 is 2.40 bits per heavy atom. The second kappa shape index (κ2) is 6.56. The van der Waals surface area contributed by atoms with Crippen LogP contribution in [-0.4, -0.2) is 49.2 Å². The fourth-order valence-electron chi connectivity index (χ4n) is 2.52. The molecule has 1 saturated heterocycles. The number of carbonyl (C=O) groups excluding carboxylic acids is 2. The number of sulfone groups is 1. The highest BCUT2D eigenvalue weighted by Crippen LogP contribution is 2.22. The van der Waals surface area contributed by atoms with E-state index in [-0.39, 0.29) is 30.2 Å². The number of likely N-dealkylation sites (tertiary alicyclic amines) is 1. The molecule has 2 atom stereocenters. The van der Waals surface area contributed by atoms with Crippen LogP contribution in [0, 0.1) is 11.8 Å². The smallest absolute Gasteiger partial charge is 0.238 e. The molecule has 2 unspecified atom stereocenters. The van der Waals surface area contributed by atoms with Crippen molar-refractivity contribution in [2.24, 2.45) is 17.6 Å². The average Bonchev–Trinajstić information content (AvgIpc) is 2.26. The van der Waals surface area contributed by atoms with Crippen molar-refractivity contribution in [1.82, 2.24) is 4.90 Å². The van der Waals surface area contributed by atoms with Gasteiger partial charge in [0.2, 0.25) is 11.8 Å². The number of nitrogens with zero attached hydrogens (tertiary/aromatic N) is 1. The fraction of sp³-hybridized carbons (Fsp3) is 0.846. The summed E-state index contributed by atoms with van der Waals surface area (Å²) in [6.45, 7) is 5.69. The number of nitrogens with two attached hydrogens (primary N) is 1. The second-order valence-corrected chi connectivity index (χ2v) is 8.13. The highest BCUT2D eigenvalue weighted by atomic mass is 32.2. The van der Waals surface area contributed by atoms with Gasteiger partial charge in [-0.2, -0.15) is 0 Å². The van der Waals surface area contributed by atoms with Crippen LogP contribution in [0.2, 0.25) is 0 Å². The zero-order valence-corrected chi connectivity index (χ0v) is 13.1.